The number of nitrogen functional groups attached to an aromatic ring is 1. The predicted octanol–water partition coefficient (Wildman–Crippen LogP) is 0.0465. The van der Waals surface area contributed by atoms with Gasteiger partial charge in [0.25, 0.3) is 5.56 Å². The summed E-state index contributed by atoms with van der Waals surface area (Å²) in [4.78, 5) is 37.1. The lowest BCUT2D eigenvalue weighted by atomic mass is 10.1. The van der Waals surface area contributed by atoms with Crippen molar-refractivity contribution in [1.82, 2.24) is 9.13 Å². The predicted molar refractivity (Wildman–Crippen MR) is 96.6 cm³/mol. The SMILES string of the molecule is CCCn1c(N)c(C(=O)C[NH2+][C@H](C)c2ccccc2)c(=O)n(C)c1=O. The van der Waals surface area contributed by atoms with E-state index in [1.165, 1.54) is 11.6 Å². The van der Waals surface area contributed by atoms with Crippen LogP contribution in [0.2, 0.25) is 0 Å². The molecule has 0 bridgehead atoms. The van der Waals surface area contributed by atoms with E-state index < -0.39 is 11.2 Å². The number of nitrogens with zero attached hydrogens (tertiary/aromatic N) is 2. The van der Waals surface area contributed by atoms with E-state index in [4.69, 9.17) is 5.73 Å². The quantitative estimate of drug-likeness (QED) is 0.692. The monoisotopic (exact) mass is 345 g/mol. The smallest absolute Gasteiger partial charge is 0.332 e. The van der Waals surface area contributed by atoms with Crippen LogP contribution in [0.15, 0.2) is 39.9 Å². The molecule has 0 saturated carbocycles. The molecule has 0 aliphatic heterocycles. The Morgan fingerprint density at radius 3 is 2.48 bits per heavy atom. The summed E-state index contributed by atoms with van der Waals surface area (Å²) in [5, 5.41) is 1.85. The van der Waals surface area contributed by atoms with Crippen LogP contribution in [0.3, 0.4) is 0 Å². The molecule has 0 aliphatic rings. The largest absolute Gasteiger partial charge is 0.384 e. The number of quaternary nitrogens is 1. The molecule has 0 spiro atoms. The number of hydrogen-bond donors (Lipinski definition) is 2. The number of carbonyl (C=O) groups is 1. The van der Waals surface area contributed by atoms with Gasteiger partial charge in [-0.2, -0.15) is 0 Å². The fourth-order valence-corrected chi connectivity index (χ4v) is 2.76. The summed E-state index contributed by atoms with van der Waals surface area (Å²) in [6.45, 7) is 4.33. The summed E-state index contributed by atoms with van der Waals surface area (Å²) in [6, 6.07) is 9.85. The highest BCUT2D eigenvalue weighted by molar-refractivity contribution is 6.00. The second-order valence-electron chi connectivity index (χ2n) is 6.12. The molecule has 2 rings (SSSR count). The van der Waals surface area contributed by atoms with E-state index in [1.807, 2.05) is 49.5 Å². The molecule has 0 saturated heterocycles. The van der Waals surface area contributed by atoms with Gasteiger partial charge in [-0.05, 0) is 13.3 Å². The van der Waals surface area contributed by atoms with Crippen LogP contribution in [0.25, 0.3) is 0 Å². The van der Waals surface area contributed by atoms with Crippen molar-refractivity contribution in [3.05, 3.63) is 62.3 Å². The molecule has 25 heavy (non-hydrogen) atoms. The van der Waals surface area contributed by atoms with Crippen LogP contribution in [0.5, 0.6) is 0 Å². The van der Waals surface area contributed by atoms with Crippen molar-refractivity contribution in [3.8, 4) is 0 Å². The topological polar surface area (TPSA) is 104 Å². The zero-order chi connectivity index (χ0) is 18.6. The zero-order valence-electron chi connectivity index (χ0n) is 14.9. The summed E-state index contributed by atoms with van der Waals surface area (Å²) in [6.07, 6.45) is 0.674. The van der Waals surface area contributed by atoms with Crippen molar-refractivity contribution < 1.29 is 10.1 Å². The van der Waals surface area contributed by atoms with Crippen molar-refractivity contribution in [2.75, 3.05) is 12.3 Å². The first kappa shape index (κ1) is 18.7. The molecule has 2 aromatic rings. The maximum absolute atomic E-state index is 12.6. The molecule has 1 heterocycles. The highest BCUT2D eigenvalue weighted by atomic mass is 16.2. The molecule has 4 N–H and O–H groups in total. The third-order valence-electron chi connectivity index (χ3n) is 4.29. The van der Waals surface area contributed by atoms with Crippen LogP contribution in [-0.4, -0.2) is 21.5 Å². The molecule has 1 atom stereocenters. The molecule has 0 fully saturated rings. The number of hydrogen-bond acceptors (Lipinski definition) is 4. The first-order valence-corrected chi connectivity index (χ1v) is 8.39. The number of anilines is 1. The Balaban J connectivity index is 2.27. The Morgan fingerprint density at radius 2 is 1.88 bits per heavy atom. The molecular weight excluding hydrogens is 320 g/mol. The molecule has 1 aromatic carbocycles. The minimum Gasteiger partial charge on any atom is -0.384 e. The lowest BCUT2D eigenvalue weighted by Gasteiger charge is -2.14. The van der Waals surface area contributed by atoms with E-state index in [2.05, 4.69) is 0 Å². The normalized spacial score (nSPS) is 12.1. The maximum Gasteiger partial charge on any atom is 0.332 e. The maximum atomic E-state index is 12.6. The van der Waals surface area contributed by atoms with E-state index in [0.717, 1.165) is 10.1 Å². The fourth-order valence-electron chi connectivity index (χ4n) is 2.76. The Kier molecular flexibility index (Phi) is 5.93. The standard InChI is InChI=1S/C18H24N4O3/c1-4-10-22-16(19)15(17(24)21(3)18(22)25)14(23)11-20-12(2)13-8-6-5-7-9-13/h5-9,12,20H,4,10-11,19H2,1-3H3/p+1/t12-/m1/s1. The van der Waals surface area contributed by atoms with Crippen molar-refractivity contribution >= 4 is 11.6 Å². The Morgan fingerprint density at radius 1 is 1.24 bits per heavy atom. The van der Waals surface area contributed by atoms with Gasteiger partial charge in [-0.3, -0.25) is 18.7 Å². The highest BCUT2D eigenvalue weighted by Gasteiger charge is 2.23. The second-order valence-corrected chi connectivity index (χ2v) is 6.12. The van der Waals surface area contributed by atoms with Gasteiger partial charge in [0.1, 0.15) is 24.0 Å². The van der Waals surface area contributed by atoms with Gasteiger partial charge in [0.2, 0.25) is 5.78 Å². The average Bonchev–Trinajstić information content (AvgIpc) is 2.62. The Hall–Kier alpha value is -2.67. The van der Waals surface area contributed by atoms with Gasteiger partial charge in [0.15, 0.2) is 0 Å². The van der Waals surface area contributed by atoms with Gasteiger partial charge in [-0.25, -0.2) is 4.79 Å². The molecule has 0 amide bonds. The Labute approximate surface area is 146 Å². The van der Waals surface area contributed by atoms with Gasteiger partial charge in [-0.15, -0.1) is 0 Å². The molecule has 0 unspecified atom stereocenters. The molecule has 0 aliphatic carbocycles. The van der Waals surface area contributed by atoms with Gasteiger partial charge < -0.3 is 11.1 Å². The average molecular weight is 345 g/mol. The summed E-state index contributed by atoms with van der Waals surface area (Å²) < 4.78 is 2.23. The third kappa shape index (κ3) is 3.88. The number of aromatic nitrogens is 2. The van der Waals surface area contributed by atoms with Crippen LogP contribution >= 0.6 is 0 Å². The van der Waals surface area contributed by atoms with E-state index in [1.54, 1.807) is 0 Å². The zero-order valence-corrected chi connectivity index (χ0v) is 14.9. The van der Waals surface area contributed by atoms with Crippen LogP contribution in [0, 0.1) is 0 Å². The summed E-state index contributed by atoms with van der Waals surface area (Å²) >= 11 is 0. The van der Waals surface area contributed by atoms with Gasteiger partial charge in [0.05, 0.1) is 0 Å². The van der Waals surface area contributed by atoms with Crippen molar-refractivity contribution in [3.63, 3.8) is 0 Å². The van der Waals surface area contributed by atoms with Crippen molar-refractivity contribution in [2.45, 2.75) is 32.9 Å². The van der Waals surface area contributed by atoms with Crippen LogP contribution in [0.1, 0.15) is 42.2 Å². The molecular formula is C18H25N4O3+. The fraction of sp³-hybridized carbons (Fsp3) is 0.389. The van der Waals surface area contributed by atoms with Crippen molar-refractivity contribution in [1.29, 1.82) is 0 Å². The molecule has 7 nitrogen and oxygen atoms in total. The number of nitrogens with two attached hydrogens (primary N) is 2. The molecule has 134 valence electrons. The van der Waals surface area contributed by atoms with E-state index >= 15 is 0 Å². The lowest BCUT2D eigenvalue weighted by Crippen LogP contribution is -2.86. The van der Waals surface area contributed by atoms with E-state index in [9.17, 15) is 14.4 Å². The first-order valence-electron chi connectivity index (χ1n) is 8.39. The number of rotatable bonds is 7. The van der Waals surface area contributed by atoms with Crippen LogP contribution in [0.4, 0.5) is 5.82 Å². The van der Waals surface area contributed by atoms with Crippen molar-refractivity contribution in [2.24, 2.45) is 7.05 Å². The number of ketones is 1. The summed E-state index contributed by atoms with van der Waals surface area (Å²) in [5.74, 6) is -0.411. The second kappa shape index (κ2) is 7.94. The summed E-state index contributed by atoms with van der Waals surface area (Å²) in [5.41, 5.74) is 5.82. The van der Waals surface area contributed by atoms with Gasteiger partial charge in [0, 0.05) is 19.2 Å². The molecule has 1 aromatic heterocycles. The van der Waals surface area contributed by atoms with Crippen LogP contribution in [-0.2, 0) is 13.6 Å². The van der Waals surface area contributed by atoms with Gasteiger partial charge >= 0.3 is 5.69 Å². The van der Waals surface area contributed by atoms with Gasteiger partial charge in [-0.1, -0.05) is 37.3 Å². The van der Waals surface area contributed by atoms with Crippen LogP contribution < -0.4 is 22.3 Å². The minimum atomic E-state index is -0.638. The third-order valence-corrected chi connectivity index (χ3v) is 4.29. The number of carbonyl (C=O) groups excluding carboxylic acids is 1. The Bertz CT molecular complexity index is 868. The van der Waals surface area contributed by atoms with E-state index in [-0.39, 0.29) is 29.8 Å². The van der Waals surface area contributed by atoms with E-state index in [0.29, 0.717) is 13.0 Å². The number of benzene rings is 1. The molecule has 7 heteroatoms. The summed E-state index contributed by atoms with van der Waals surface area (Å²) in [7, 11) is 1.36. The number of Topliss-reactive ketones (excluding diaryl/α,β-unsaturated/α-hetero) is 1. The minimum absolute atomic E-state index is 0.0410. The molecule has 0 radical (unpaired) electrons. The highest BCUT2D eigenvalue weighted by Crippen LogP contribution is 2.08. The first-order chi connectivity index (χ1) is 11.9. The lowest BCUT2D eigenvalue weighted by molar-refractivity contribution is -0.681.